The summed E-state index contributed by atoms with van der Waals surface area (Å²) in [5.74, 6) is 1.87. The van der Waals surface area contributed by atoms with Crippen LogP contribution < -0.4 is 15.5 Å². The van der Waals surface area contributed by atoms with E-state index in [4.69, 9.17) is 0 Å². The van der Waals surface area contributed by atoms with Gasteiger partial charge in [-0.2, -0.15) is 15.0 Å². The van der Waals surface area contributed by atoms with Gasteiger partial charge in [0.15, 0.2) is 0 Å². The van der Waals surface area contributed by atoms with Crippen LogP contribution in [0.3, 0.4) is 0 Å². The van der Waals surface area contributed by atoms with E-state index in [0.29, 0.717) is 23.9 Å². The summed E-state index contributed by atoms with van der Waals surface area (Å²) in [6, 6.07) is 0.310. The fraction of sp³-hybridized carbons (Fsp3) is 0.786. The molecule has 7 heteroatoms. The van der Waals surface area contributed by atoms with Crippen LogP contribution in [0.25, 0.3) is 0 Å². The average molecular weight is 293 g/mol. The van der Waals surface area contributed by atoms with Crippen molar-refractivity contribution in [2.24, 2.45) is 0 Å². The molecular formula is C14H27N7. The molecule has 1 aliphatic heterocycles. The molecule has 0 amide bonds. The quantitative estimate of drug-likeness (QED) is 0.818. The maximum Gasteiger partial charge on any atom is 0.231 e. The predicted octanol–water partition coefficient (Wildman–Crippen LogP) is 1.27. The highest BCUT2D eigenvalue weighted by atomic mass is 15.3. The van der Waals surface area contributed by atoms with Crippen LogP contribution in [0, 0.1) is 0 Å². The van der Waals surface area contributed by atoms with Crippen LogP contribution >= 0.6 is 0 Å². The number of nitrogens with zero attached hydrogens (tertiary/aromatic N) is 5. The highest BCUT2D eigenvalue weighted by Crippen LogP contribution is 2.13. The first-order chi connectivity index (χ1) is 10.1. The molecule has 7 nitrogen and oxygen atoms in total. The number of hydrogen-bond acceptors (Lipinski definition) is 7. The maximum absolute atomic E-state index is 4.45. The second kappa shape index (κ2) is 7.40. The number of rotatable bonds is 6. The van der Waals surface area contributed by atoms with Crippen LogP contribution in [0.2, 0.25) is 0 Å². The van der Waals surface area contributed by atoms with Crippen LogP contribution in [0.5, 0.6) is 0 Å². The fourth-order valence-corrected chi connectivity index (χ4v) is 2.54. The van der Waals surface area contributed by atoms with Gasteiger partial charge < -0.3 is 20.4 Å². The average Bonchev–Trinajstić information content (AvgIpc) is 2.47. The Kier molecular flexibility index (Phi) is 5.55. The zero-order valence-electron chi connectivity index (χ0n) is 13.6. The van der Waals surface area contributed by atoms with E-state index in [1.165, 1.54) is 32.4 Å². The molecule has 0 spiro atoms. The molecule has 1 fully saturated rings. The topological polar surface area (TPSA) is 69.2 Å². The van der Waals surface area contributed by atoms with E-state index in [1.54, 1.807) is 0 Å². The van der Waals surface area contributed by atoms with Gasteiger partial charge in [-0.15, -0.1) is 0 Å². The van der Waals surface area contributed by atoms with Crippen molar-refractivity contribution >= 4 is 17.8 Å². The highest BCUT2D eigenvalue weighted by Gasteiger charge is 2.15. The van der Waals surface area contributed by atoms with Crippen molar-refractivity contribution in [1.29, 1.82) is 0 Å². The number of aromatic nitrogens is 3. The van der Waals surface area contributed by atoms with E-state index in [-0.39, 0.29) is 0 Å². The summed E-state index contributed by atoms with van der Waals surface area (Å²) in [5.41, 5.74) is 0. The van der Waals surface area contributed by atoms with Gasteiger partial charge in [0.05, 0.1) is 0 Å². The Bertz CT molecular complexity index is 443. The van der Waals surface area contributed by atoms with E-state index in [9.17, 15) is 0 Å². The van der Waals surface area contributed by atoms with Crippen LogP contribution in [0.15, 0.2) is 0 Å². The molecule has 0 saturated carbocycles. The summed E-state index contributed by atoms with van der Waals surface area (Å²) >= 11 is 0. The fourth-order valence-electron chi connectivity index (χ4n) is 2.54. The molecule has 1 aromatic heterocycles. The van der Waals surface area contributed by atoms with Gasteiger partial charge in [-0.1, -0.05) is 6.42 Å². The largest absolute Gasteiger partial charge is 0.357 e. The smallest absolute Gasteiger partial charge is 0.231 e. The maximum atomic E-state index is 4.45. The molecule has 1 aliphatic rings. The van der Waals surface area contributed by atoms with Crippen LogP contribution in [-0.2, 0) is 0 Å². The lowest BCUT2D eigenvalue weighted by Gasteiger charge is -2.29. The zero-order chi connectivity index (χ0) is 15.2. The summed E-state index contributed by atoms with van der Waals surface area (Å²) in [4.78, 5) is 17.5. The molecule has 0 radical (unpaired) electrons. The summed E-state index contributed by atoms with van der Waals surface area (Å²) in [6.07, 6.45) is 3.99. The van der Waals surface area contributed by atoms with Crippen LogP contribution in [-0.4, -0.2) is 66.7 Å². The van der Waals surface area contributed by atoms with Gasteiger partial charge in [-0.3, -0.25) is 0 Å². The molecular weight excluding hydrogens is 266 g/mol. The zero-order valence-corrected chi connectivity index (χ0v) is 13.6. The Hall–Kier alpha value is -1.63. The van der Waals surface area contributed by atoms with E-state index in [0.717, 1.165) is 6.54 Å². The second-order valence-corrected chi connectivity index (χ2v) is 5.83. The molecule has 1 saturated heterocycles. The lowest BCUT2D eigenvalue weighted by Crippen LogP contribution is -2.38. The third-order valence-corrected chi connectivity index (χ3v) is 3.60. The predicted molar refractivity (Wildman–Crippen MR) is 87.1 cm³/mol. The Balaban J connectivity index is 1.98. The van der Waals surface area contributed by atoms with Crippen LogP contribution in [0.4, 0.5) is 17.8 Å². The molecule has 2 heterocycles. The van der Waals surface area contributed by atoms with Gasteiger partial charge in [0.25, 0.3) is 0 Å². The highest BCUT2D eigenvalue weighted by molar-refractivity contribution is 5.43. The first-order valence-electron chi connectivity index (χ1n) is 7.68. The minimum atomic E-state index is 0.310. The number of piperidine rings is 1. The van der Waals surface area contributed by atoms with Crippen molar-refractivity contribution in [3.05, 3.63) is 0 Å². The number of hydrogen-bond donors (Lipinski definition) is 2. The van der Waals surface area contributed by atoms with Gasteiger partial charge in [-0.05, 0) is 32.9 Å². The molecule has 118 valence electrons. The minimum Gasteiger partial charge on any atom is -0.357 e. The SMILES string of the molecule is CNc1nc(NC(C)CN2CCCCC2)nc(N(C)C)n1. The van der Waals surface area contributed by atoms with E-state index >= 15 is 0 Å². The number of likely N-dealkylation sites (tertiary alicyclic amines) is 1. The molecule has 1 unspecified atom stereocenters. The van der Waals surface area contributed by atoms with Crippen molar-refractivity contribution in [1.82, 2.24) is 19.9 Å². The lowest BCUT2D eigenvalue weighted by molar-refractivity contribution is 0.223. The molecule has 0 bridgehead atoms. The Labute approximate surface area is 127 Å². The van der Waals surface area contributed by atoms with Crippen molar-refractivity contribution < 1.29 is 0 Å². The third-order valence-electron chi connectivity index (χ3n) is 3.60. The Morgan fingerprint density at radius 1 is 1.10 bits per heavy atom. The molecule has 1 aromatic rings. The molecule has 21 heavy (non-hydrogen) atoms. The summed E-state index contributed by atoms with van der Waals surface area (Å²) in [6.45, 7) is 5.60. The Morgan fingerprint density at radius 3 is 2.38 bits per heavy atom. The molecule has 2 rings (SSSR count). The molecule has 0 aliphatic carbocycles. The van der Waals surface area contributed by atoms with E-state index in [1.807, 2.05) is 26.0 Å². The lowest BCUT2D eigenvalue weighted by atomic mass is 10.1. The van der Waals surface area contributed by atoms with E-state index in [2.05, 4.69) is 37.4 Å². The van der Waals surface area contributed by atoms with Crippen molar-refractivity contribution in [2.75, 3.05) is 56.3 Å². The molecule has 0 aromatic carbocycles. The first kappa shape index (κ1) is 15.8. The van der Waals surface area contributed by atoms with Crippen molar-refractivity contribution in [3.63, 3.8) is 0 Å². The molecule has 1 atom stereocenters. The first-order valence-corrected chi connectivity index (χ1v) is 7.68. The van der Waals surface area contributed by atoms with Gasteiger partial charge in [-0.25, -0.2) is 0 Å². The summed E-state index contributed by atoms with van der Waals surface area (Å²) in [7, 11) is 5.67. The number of nitrogens with one attached hydrogen (secondary N) is 2. The summed E-state index contributed by atoms with van der Waals surface area (Å²) in [5, 5.41) is 6.37. The molecule has 2 N–H and O–H groups in total. The van der Waals surface area contributed by atoms with Gasteiger partial charge in [0, 0.05) is 33.7 Å². The minimum absolute atomic E-state index is 0.310. The second-order valence-electron chi connectivity index (χ2n) is 5.83. The van der Waals surface area contributed by atoms with Crippen molar-refractivity contribution in [2.45, 2.75) is 32.2 Å². The van der Waals surface area contributed by atoms with Gasteiger partial charge in [0.2, 0.25) is 17.8 Å². The normalized spacial score (nSPS) is 17.3. The standard InChI is InChI=1S/C14H27N7/c1-11(10-21-8-6-5-7-9-21)16-13-17-12(15-2)18-14(19-13)20(3)4/h11H,5-10H2,1-4H3,(H2,15,16,17,18,19). The van der Waals surface area contributed by atoms with Gasteiger partial charge >= 0.3 is 0 Å². The summed E-state index contributed by atoms with van der Waals surface area (Å²) < 4.78 is 0. The number of anilines is 3. The monoisotopic (exact) mass is 293 g/mol. The van der Waals surface area contributed by atoms with Crippen LogP contribution in [0.1, 0.15) is 26.2 Å². The third kappa shape index (κ3) is 4.70. The Morgan fingerprint density at radius 2 is 1.76 bits per heavy atom. The van der Waals surface area contributed by atoms with Gasteiger partial charge in [0.1, 0.15) is 0 Å². The van der Waals surface area contributed by atoms with E-state index < -0.39 is 0 Å². The van der Waals surface area contributed by atoms with Crippen molar-refractivity contribution in [3.8, 4) is 0 Å².